The standard InChI is InChI=1S/C17H12N2O/c20-17-15-7-3-4-8-16(15)18-19(17)14-10-9-12-5-1-2-6-13(12)11-14/h1-11,18H. The number of para-hydroxylation sites is 1. The van der Waals surface area contributed by atoms with Crippen LogP contribution in [0.4, 0.5) is 0 Å². The molecule has 4 aromatic rings. The third-order valence-electron chi connectivity index (χ3n) is 3.58. The Morgan fingerprint density at radius 1 is 0.800 bits per heavy atom. The summed E-state index contributed by atoms with van der Waals surface area (Å²) < 4.78 is 1.59. The summed E-state index contributed by atoms with van der Waals surface area (Å²) in [5.74, 6) is 0. The average Bonchev–Trinajstić information content (AvgIpc) is 2.84. The van der Waals surface area contributed by atoms with Crippen molar-refractivity contribution in [3.05, 3.63) is 77.1 Å². The van der Waals surface area contributed by atoms with Crippen LogP contribution >= 0.6 is 0 Å². The van der Waals surface area contributed by atoms with Gasteiger partial charge in [-0.3, -0.25) is 9.89 Å². The van der Waals surface area contributed by atoms with Gasteiger partial charge in [-0.25, -0.2) is 4.68 Å². The first-order chi connectivity index (χ1) is 9.83. The van der Waals surface area contributed by atoms with Gasteiger partial charge in [0.1, 0.15) is 0 Å². The van der Waals surface area contributed by atoms with Crippen LogP contribution in [0.25, 0.3) is 27.4 Å². The minimum atomic E-state index is -0.0177. The van der Waals surface area contributed by atoms with Crippen molar-refractivity contribution in [2.45, 2.75) is 0 Å². The maximum atomic E-state index is 12.4. The molecule has 0 saturated carbocycles. The van der Waals surface area contributed by atoms with Gasteiger partial charge in [0.2, 0.25) is 0 Å². The molecule has 0 aliphatic carbocycles. The zero-order valence-corrected chi connectivity index (χ0v) is 10.7. The molecule has 0 bridgehead atoms. The lowest BCUT2D eigenvalue weighted by molar-refractivity contribution is 0.865. The molecule has 1 aromatic heterocycles. The zero-order chi connectivity index (χ0) is 13.5. The van der Waals surface area contributed by atoms with Gasteiger partial charge in [-0.15, -0.1) is 0 Å². The van der Waals surface area contributed by atoms with Crippen LogP contribution in [-0.2, 0) is 0 Å². The molecular weight excluding hydrogens is 248 g/mol. The summed E-state index contributed by atoms with van der Waals surface area (Å²) in [5.41, 5.74) is 1.69. The van der Waals surface area contributed by atoms with Gasteiger partial charge in [0.15, 0.2) is 0 Å². The molecule has 0 spiro atoms. The number of benzene rings is 3. The fraction of sp³-hybridized carbons (Fsp3) is 0. The third kappa shape index (κ3) is 1.57. The van der Waals surface area contributed by atoms with E-state index in [9.17, 15) is 4.79 Å². The Morgan fingerprint density at radius 3 is 2.40 bits per heavy atom. The molecule has 4 rings (SSSR count). The summed E-state index contributed by atoms with van der Waals surface area (Å²) in [7, 11) is 0. The highest BCUT2D eigenvalue weighted by atomic mass is 16.1. The number of nitrogens with zero attached hydrogens (tertiary/aromatic N) is 1. The van der Waals surface area contributed by atoms with Crippen LogP contribution in [0.3, 0.4) is 0 Å². The van der Waals surface area contributed by atoms with Crippen LogP contribution in [0.1, 0.15) is 0 Å². The van der Waals surface area contributed by atoms with E-state index in [0.717, 1.165) is 16.6 Å². The van der Waals surface area contributed by atoms with E-state index in [2.05, 4.69) is 11.2 Å². The van der Waals surface area contributed by atoms with E-state index in [4.69, 9.17) is 0 Å². The minimum Gasteiger partial charge on any atom is -0.290 e. The van der Waals surface area contributed by atoms with Gasteiger partial charge < -0.3 is 0 Å². The zero-order valence-electron chi connectivity index (χ0n) is 10.7. The van der Waals surface area contributed by atoms with E-state index < -0.39 is 0 Å². The van der Waals surface area contributed by atoms with E-state index in [-0.39, 0.29) is 5.56 Å². The number of nitrogens with one attached hydrogen (secondary N) is 1. The van der Waals surface area contributed by atoms with Crippen molar-refractivity contribution in [1.29, 1.82) is 0 Å². The van der Waals surface area contributed by atoms with Gasteiger partial charge in [0.25, 0.3) is 5.56 Å². The van der Waals surface area contributed by atoms with Gasteiger partial charge in [0.05, 0.1) is 16.6 Å². The van der Waals surface area contributed by atoms with Gasteiger partial charge in [-0.2, -0.15) is 0 Å². The maximum absolute atomic E-state index is 12.4. The topological polar surface area (TPSA) is 37.8 Å². The lowest BCUT2D eigenvalue weighted by atomic mass is 10.1. The Labute approximate surface area is 115 Å². The summed E-state index contributed by atoms with van der Waals surface area (Å²) >= 11 is 0. The molecule has 3 nitrogen and oxygen atoms in total. The van der Waals surface area contributed by atoms with Crippen LogP contribution in [0.5, 0.6) is 0 Å². The van der Waals surface area contributed by atoms with Crippen LogP contribution in [0.15, 0.2) is 71.5 Å². The first-order valence-electron chi connectivity index (χ1n) is 6.52. The molecule has 0 amide bonds. The predicted molar refractivity (Wildman–Crippen MR) is 81.4 cm³/mol. The fourth-order valence-corrected chi connectivity index (χ4v) is 2.56. The number of H-pyrrole nitrogens is 1. The van der Waals surface area contributed by atoms with E-state index in [0.29, 0.717) is 5.39 Å². The van der Waals surface area contributed by atoms with Crippen molar-refractivity contribution >= 4 is 21.7 Å². The Hall–Kier alpha value is -2.81. The SMILES string of the molecule is O=c1c2ccccc2[nH]n1-c1ccc2ccccc2c1. The fourth-order valence-electron chi connectivity index (χ4n) is 2.56. The number of aromatic nitrogens is 2. The van der Waals surface area contributed by atoms with Crippen molar-refractivity contribution in [1.82, 2.24) is 9.78 Å². The molecule has 96 valence electrons. The Kier molecular flexibility index (Phi) is 2.27. The van der Waals surface area contributed by atoms with Gasteiger partial charge in [-0.05, 0) is 35.0 Å². The molecule has 0 aliphatic rings. The van der Waals surface area contributed by atoms with Crippen LogP contribution in [0.2, 0.25) is 0 Å². The Balaban J connectivity index is 2.01. The smallest absolute Gasteiger partial charge is 0.279 e. The number of hydrogen-bond donors (Lipinski definition) is 1. The Bertz CT molecular complexity index is 979. The number of aromatic amines is 1. The van der Waals surface area contributed by atoms with Crippen molar-refractivity contribution < 1.29 is 0 Å². The lowest BCUT2D eigenvalue weighted by Crippen LogP contribution is -2.13. The highest BCUT2D eigenvalue weighted by Gasteiger charge is 2.07. The second kappa shape index (κ2) is 4.10. The quantitative estimate of drug-likeness (QED) is 0.559. The lowest BCUT2D eigenvalue weighted by Gasteiger charge is -2.03. The highest BCUT2D eigenvalue weighted by molar-refractivity contribution is 5.85. The first-order valence-corrected chi connectivity index (χ1v) is 6.52. The van der Waals surface area contributed by atoms with Crippen molar-refractivity contribution in [2.75, 3.05) is 0 Å². The predicted octanol–water partition coefficient (Wildman–Crippen LogP) is 3.47. The summed E-state index contributed by atoms with van der Waals surface area (Å²) in [4.78, 5) is 12.4. The van der Waals surface area contributed by atoms with Gasteiger partial charge in [-0.1, -0.05) is 42.5 Å². The van der Waals surface area contributed by atoms with E-state index in [1.165, 1.54) is 5.39 Å². The van der Waals surface area contributed by atoms with Crippen LogP contribution in [-0.4, -0.2) is 9.78 Å². The molecule has 1 N–H and O–H groups in total. The third-order valence-corrected chi connectivity index (χ3v) is 3.58. The molecule has 0 aliphatic heterocycles. The van der Waals surface area contributed by atoms with E-state index in [1.54, 1.807) is 4.68 Å². The molecule has 0 atom stereocenters. The summed E-state index contributed by atoms with van der Waals surface area (Å²) in [6, 6.07) is 21.7. The van der Waals surface area contributed by atoms with Crippen LogP contribution in [0, 0.1) is 0 Å². The molecule has 1 heterocycles. The number of fused-ring (bicyclic) bond motifs is 2. The summed E-state index contributed by atoms with van der Waals surface area (Å²) in [6.07, 6.45) is 0. The molecule has 20 heavy (non-hydrogen) atoms. The highest BCUT2D eigenvalue weighted by Crippen LogP contribution is 2.18. The molecule has 3 heteroatoms. The molecule has 0 unspecified atom stereocenters. The average molecular weight is 260 g/mol. The molecule has 0 fully saturated rings. The van der Waals surface area contributed by atoms with Gasteiger partial charge in [0, 0.05) is 0 Å². The molecule has 3 aromatic carbocycles. The van der Waals surface area contributed by atoms with Crippen molar-refractivity contribution in [3.63, 3.8) is 0 Å². The maximum Gasteiger partial charge on any atom is 0.279 e. The largest absolute Gasteiger partial charge is 0.290 e. The van der Waals surface area contributed by atoms with Crippen LogP contribution < -0.4 is 5.56 Å². The molecule has 0 radical (unpaired) electrons. The van der Waals surface area contributed by atoms with Crippen molar-refractivity contribution in [2.24, 2.45) is 0 Å². The van der Waals surface area contributed by atoms with E-state index in [1.807, 2.05) is 60.7 Å². The second-order valence-corrected chi connectivity index (χ2v) is 4.83. The minimum absolute atomic E-state index is 0.0177. The van der Waals surface area contributed by atoms with Gasteiger partial charge >= 0.3 is 0 Å². The monoisotopic (exact) mass is 260 g/mol. The first kappa shape index (κ1) is 11.1. The Morgan fingerprint density at radius 2 is 1.55 bits per heavy atom. The molecule has 0 saturated heterocycles. The number of hydrogen-bond acceptors (Lipinski definition) is 1. The second-order valence-electron chi connectivity index (χ2n) is 4.83. The van der Waals surface area contributed by atoms with Crippen molar-refractivity contribution in [3.8, 4) is 5.69 Å². The number of rotatable bonds is 1. The summed E-state index contributed by atoms with van der Waals surface area (Å²) in [6.45, 7) is 0. The normalized spacial score (nSPS) is 11.2. The molecular formula is C17H12N2O. The summed E-state index contributed by atoms with van der Waals surface area (Å²) in [5, 5.41) is 6.15. The van der Waals surface area contributed by atoms with E-state index >= 15 is 0 Å².